The number of carbonyl (C=O) groups excluding carboxylic acids is 1. The fourth-order valence-corrected chi connectivity index (χ4v) is 2.31. The van der Waals surface area contributed by atoms with Gasteiger partial charge in [0.25, 0.3) is 0 Å². The van der Waals surface area contributed by atoms with Crippen molar-refractivity contribution >= 4 is 23.5 Å². The maximum Gasteiger partial charge on any atom is 0.321 e. The number of carbonyl (C=O) groups is 2. The van der Waals surface area contributed by atoms with Crippen LogP contribution in [0.25, 0.3) is 0 Å². The van der Waals surface area contributed by atoms with Crippen LogP contribution in [0.3, 0.4) is 0 Å². The summed E-state index contributed by atoms with van der Waals surface area (Å²) in [5.41, 5.74) is -1.65. The van der Waals surface area contributed by atoms with Gasteiger partial charge in [-0.15, -0.1) is 0 Å². The van der Waals surface area contributed by atoms with Gasteiger partial charge in [0.2, 0.25) is 5.78 Å². The number of thioether (sulfide) groups is 1. The van der Waals surface area contributed by atoms with E-state index >= 15 is 0 Å². The highest BCUT2D eigenvalue weighted by Gasteiger charge is 2.44. The van der Waals surface area contributed by atoms with Crippen LogP contribution in [0.15, 0.2) is 41.7 Å². The van der Waals surface area contributed by atoms with E-state index in [1.807, 2.05) is 0 Å². The number of ketones is 1. The summed E-state index contributed by atoms with van der Waals surface area (Å²) in [5.74, 6) is -2.51. The fourth-order valence-electron chi connectivity index (χ4n) is 1.96. The van der Waals surface area contributed by atoms with Crippen LogP contribution in [-0.4, -0.2) is 33.1 Å². The normalized spacial score (nSPS) is 13.4. The van der Waals surface area contributed by atoms with Gasteiger partial charge < -0.3 is 5.11 Å². The van der Waals surface area contributed by atoms with E-state index < -0.39 is 23.0 Å². The van der Waals surface area contributed by atoms with Crippen molar-refractivity contribution in [2.45, 2.75) is 17.5 Å². The lowest BCUT2D eigenvalue weighted by Crippen LogP contribution is -2.41. The van der Waals surface area contributed by atoms with Crippen LogP contribution >= 0.6 is 11.8 Å². The van der Waals surface area contributed by atoms with E-state index in [0.717, 1.165) is 12.1 Å². The summed E-state index contributed by atoms with van der Waals surface area (Å²) in [7, 11) is 0. The summed E-state index contributed by atoms with van der Waals surface area (Å²) in [5, 5.41) is 9.92. The maximum absolute atomic E-state index is 13.0. The Morgan fingerprint density at radius 2 is 1.86 bits per heavy atom. The topological polar surface area (TPSA) is 80.2 Å². The summed E-state index contributed by atoms with van der Waals surface area (Å²) in [6.45, 7) is 1.28. The smallest absolute Gasteiger partial charge is 0.321 e. The number of hydrogen-bond acceptors (Lipinski definition) is 5. The SMILES string of the molecule is CSc1nccc(C(=O)C(C)(C(=O)O)c2ccc(F)cc2)n1. The Balaban J connectivity index is 2.53. The lowest BCUT2D eigenvalue weighted by molar-refractivity contribution is -0.141. The van der Waals surface area contributed by atoms with Gasteiger partial charge in [-0.05, 0) is 36.9 Å². The standard InChI is InChI=1S/C15H13FN2O3S/c1-15(13(20)21,9-3-5-10(16)6-4-9)12(19)11-7-8-17-14(18-11)22-2/h3-8H,1-2H3,(H,20,21). The van der Waals surface area contributed by atoms with Gasteiger partial charge in [-0.1, -0.05) is 23.9 Å². The Labute approximate surface area is 130 Å². The van der Waals surface area contributed by atoms with Crippen LogP contribution in [-0.2, 0) is 10.2 Å². The molecule has 0 radical (unpaired) electrons. The van der Waals surface area contributed by atoms with E-state index in [4.69, 9.17) is 0 Å². The minimum absolute atomic E-state index is 0.00794. The number of halogens is 1. The Morgan fingerprint density at radius 3 is 2.41 bits per heavy atom. The number of hydrogen-bond donors (Lipinski definition) is 1. The van der Waals surface area contributed by atoms with Gasteiger partial charge in [0.1, 0.15) is 11.5 Å². The summed E-state index contributed by atoms with van der Waals surface area (Å²) < 4.78 is 13.0. The predicted molar refractivity (Wildman–Crippen MR) is 79.5 cm³/mol. The quantitative estimate of drug-likeness (QED) is 0.395. The molecule has 0 fully saturated rings. The molecule has 0 spiro atoms. The first-order valence-electron chi connectivity index (χ1n) is 6.31. The lowest BCUT2D eigenvalue weighted by Gasteiger charge is -2.23. The van der Waals surface area contributed by atoms with Gasteiger partial charge in [-0.25, -0.2) is 14.4 Å². The maximum atomic E-state index is 13.0. The van der Waals surface area contributed by atoms with Crippen molar-refractivity contribution in [3.63, 3.8) is 0 Å². The molecule has 1 N–H and O–H groups in total. The van der Waals surface area contributed by atoms with E-state index in [0.29, 0.717) is 5.16 Å². The molecule has 1 aromatic heterocycles. The molecule has 2 rings (SSSR count). The summed E-state index contributed by atoms with van der Waals surface area (Å²) >= 11 is 1.25. The zero-order chi connectivity index (χ0) is 16.3. The predicted octanol–water partition coefficient (Wildman–Crippen LogP) is 2.56. The number of carboxylic acid groups (broad SMARTS) is 1. The second-order valence-corrected chi connectivity index (χ2v) is 5.47. The van der Waals surface area contributed by atoms with Crippen molar-refractivity contribution < 1.29 is 19.1 Å². The van der Waals surface area contributed by atoms with Crippen molar-refractivity contribution in [1.82, 2.24) is 9.97 Å². The average Bonchev–Trinajstić information content (AvgIpc) is 2.54. The van der Waals surface area contributed by atoms with Gasteiger partial charge >= 0.3 is 5.97 Å². The van der Waals surface area contributed by atoms with Crippen molar-refractivity contribution in [3.8, 4) is 0 Å². The molecule has 0 aliphatic heterocycles. The summed E-state index contributed by atoms with van der Waals surface area (Å²) in [6, 6.07) is 6.19. The number of nitrogens with zero attached hydrogens (tertiary/aromatic N) is 2. The first kappa shape index (κ1) is 16.1. The van der Waals surface area contributed by atoms with Crippen LogP contribution in [0.4, 0.5) is 4.39 Å². The lowest BCUT2D eigenvalue weighted by atomic mass is 9.77. The number of rotatable bonds is 5. The molecule has 5 nitrogen and oxygen atoms in total. The van der Waals surface area contributed by atoms with Gasteiger partial charge in [0.15, 0.2) is 10.6 Å². The minimum Gasteiger partial charge on any atom is -0.480 e. The van der Waals surface area contributed by atoms with Crippen LogP contribution in [0.1, 0.15) is 23.0 Å². The Morgan fingerprint density at radius 1 is 1.23 bits per heavy atom. The van der Waals surface area contributed by atoms with Crippen molar-refractivity contribution in [2.75, 3.05) is 6.26 Å². The highest BCUT2D eigenvalue weighted by atomic mass is 32.2. The largest absolute Gasteiger partial charge is 0.480 e. The number of Topliss-reactive ketones (excluding diaryl/α,β-unsaturated/α-hetero) is 1. The second-order valence-electron chi connectivity index (χ2n) is 4.69. The van der Waals surface area contributed by atoms with E-state index in [1.54, 1.807) is 6.26 Å². The molecular weight excluding hydrogens is 307 g/mol. The molecule has 0 saturated heterocycles. The first-order chi connectivity index (χ1) is 10.4. The number of aromatic nitrogens is 2. The molecular formula is C15H13FN2O3S. The molecule has 2 aromatic rings. The van der Waals surface area contributed by atoms with E-state index in [-0.39, 0.29) is 11.3 Å². The molecule has 0 amide bonds. The fraction of sp³-hybridized carbons (Fsp3) is 0.200. The molecule has 7 heteroatoms. The van der Waals surface area contributed by atoms with E-state index in [1.165, 1.54) is 43.1 Å². The number of benzene rings is 1. The molecule has 0 aliphatic carbocycles. The Kier molecular flexibility index (Phi) is 4.56. The third-order valence-corrected chi connectivity index (χ3v) is 3.91. The van der Waals surface area contributed by atoms with Crippen LogP contribution in [0.2, 0.25) is 0 Å². The molecule has 1 unspecified atom stereocenters. The van der Waals surface area contributed by atoms with E-state index in [2.05, 4.69) is 9.97 Å². The number of aliphatic carboxylic acids is 1. The highest BCUT2D eigenvalue weighted by molar-refractivity contribution is 7.98. The summed E-state index contributed by atoms with van der Waals surface area (Å²) in [4.78, 5) is 32.4. The van der Waals surface area contributed by atoms with Gasteiger partial charge in [0, 0.05) is 6.20 Å². The molecule has 22 heavy (non-hydrogen) atoms. The minimum atomic E-state index is -1.85. The molecule has 0 aliphatic rings. The number of carboxylic acids is 1. The Hall–Kier alpha value is -2.28. The molecule has 0 bridgehead atoms. The molecule has 1 heterocycles. The van der Waals surface area contributed by atoms with Gasteiger partial charge in [-0.2, -0.15) is 0 Å². The van der Waals surface area contributed by atoms with Crippen molar-refractivity contribution in [3.05, 3.63) is 53.6 Å². The zero-order valence-electron chi connectivity index (χ0n) is 11.9. The van der Waals surface area contributed by atoms with Crippen LogP contribution in [0.5, 0.6) is 0 Å². The molecule has 1 aromatic carbocycles. The highest BCUT2D eigenvalue weighted by Crippen LogP contribution is 2.29. The van der Waals surface area contributed by atoms with Crippen LogP contribution in [0, 0.1) is 5.82 Å². The monoisotopic (exact) mass is 320 g/mol. The van der Waals surface area contributed by atoms with Crippen molar-refractivity contribution in [1.29, 1.82) is 0 Å². The van der Waals surface area contributed by atoms with Gasteiger partial charge in [0.05, 0.1) is 0 Å². The summed E-state index contributed by atoms with van der Waals surface area (Å²) in [6.07, 6.45) is 3.15. The van der Waals surface area contributed by atoms with E-state index in [9.17, 15) is 19.1 Å². The Bertz CT molecular complexity index is 721. The average molecular weight is 320 g/mol. The van der Waals surface area contributed by atoms with Crippen LogP contribution < -0.4 is 0 Å². The van der Waals surface area contributed by atoms with Gasteiger partial charge in [-0.3, -0.25) is 9.59 Å². The third kappa shape index (κ3) is 2.85. The molecule has 1 atom stereocenters. The third-order valence-electron chi connectivity index (χ3n) is 3.35. The second kappa shape index (κ2) is 6.23. The molecule has 0 saturated carbocycles. The zero-order valence-corrected chi connectivity index (χ0v) is 12.7. The molecule has 114 valence electrons. The van der Waals surface area contributed by atoms with Crippen molar-refractivity contribution in [2.24, 2.45) is 0 Å². The first-order valence-corrected chi connectivity index (χ1v) is 7.53.